The lowest BCUT2D eigenvalue weighted by Gasteiger charge is -2.03. The predicted molar refractivity (Wildman–Crippen MR) is 116 cm³/mol. The topological polar surface area (TPSA) is 24.7 Å². The minimum absolute atomic E-state index is 0.866. The van der Waals surface area contributed by atoms with Gasteiger partial charge in [-0.25, -0.2) is 0 Å². The predicted octanol–water partition coefficient (Wildman–Crippen LogP) is 7.28. The smallest absolute Gasteiger partial charge is 0.0857 e. The molecule has 0 atom stereocenters. The average Bonchev–Trinajstić information content (AvgIpc) is 2.76. The summed E-state index contributed by atoms with van der Waals surface area (Å²) in [6.45, 7) is 0. The van der Waals surface area contributed by atoms with Crippen molar-refractivity contribution in [3.63, 3.8) is 0 Å². The molecule has 0 fully saturated rings. The van der Waals surface area contributed by atoms with Crippen LogP contribution < -0.4 is 0 Å². The van der Waals surface area contributed by atoms with Crippen LogP contribution in [-0.4, -0.2) is 0 Å². The maximum absolute atomic E-state index is 4.36. The summed E-state index contributed by atoms with van der Waals surface area (Å²) in [6, 6.07) is 37.5. The van der Waals surface area contributed by atoms with E-state index >= 15 is 0 Å². The van der Waals surface area contributed by atoms with E-state index in [-0.39, 0.29) is 0 Å². The lowest BCUT2D eigenvalue weighted by atomic mass is 10.0. The zero-order valence-electron chi connectivity index (χ0n) is 15.7. The Bertz CT molecular complexity index is 932. The zero-order valence-corrected chi connectivity index (χ0v) is 15.7. The van der Waals surface area contributed by atoms with E-state index in [4.69, 9.17) is 0 Å². The van der Waals surface area contributed by atoms with Crippen LogP contribution in [-0.2, 0) is 12.8 Å². The van der Waals surface area contributed by atoms with Crippen LogP contribution in [0.25, 0.3) is 0 Å². The van der Waals surface area contributed by atoms with Crippen LogP contribution in [0.3, 0.4) is 0 Å². The van der Waals surface area contributed by atoms with Crippen LogP contribution in [0.15, 0.2) is 119 Å². The van der Waals surface area contributed by atoms with Crippen molar-refractivity contribution >= 4 is 11.4 Å². The molecule has 0 saturated carbocycles. The molecule has 0 aliphatic heterocycles. The second-order valence-corrected chi connectivity index (χ2v) is 6.86. The lowest BCUT2D eigenvalue weighted by molar-refractivity contribution is 1.17. The number of hydrogen-bond donors (Lipinski definition) is 0. The van der Waals surface area contributed by atoms with Crippen molar-refractivity contribution in [3.8, 4) is 0 Å². The molecule has 0 saturated heterocycles. The van der Waals surface area contributed by atoms with Gasteiger partial charge in [0.25, 0.3) is 0 Å². The van der Waals surface area contributed by atoms with E-state index in [0.717, 1.165) is 24.2 Å². The third kappa shape index (κ3) is 5.01. The molecule has 2 nitrogen and oxygen atoms in total. The first-order valence-corrected chi connectivity index (χ1v) is 9.53. The molecular weight excluding hydrogens is 340 g/mol. The van der Waals surface area contributed by atoms with Gasteiger partial charge in [-0.3, -0.25) is 0 Å². The number of hydrogen-bond acceptors (Lipinski definition) is 2. The minimum Gasteiger partial charge on any atom is -0.151 e. The van der Waals surface area contributed by atoms with Crippen molar-refractivity contribution in [1.82, 2.24) is 0 Å². The Balaban J connectivity index is 1.37. The summed E-state index contributed by atoms with van der Waals surface area (Å²) in [7, 11) is 0. The highest BCUT2D eigenvalue weighted by atomic mass is 15.1. The Morgan fingerprint density at radius 3 is 1.04 bits per heavy atom. The van der Waals surface area contributed by atoms with Crippen LogP contribution >= 0.6 is 0 Å². The normalized spacial score (nSPS) is 11.0. The molecule has 0 aliphatic rings. The monoisotopic (exact) mass is 362 g/mol. The summed E-state index contributed by atoms with van der Waals surface area (Å²) in [6.07, 6.45) is 1.86. The molecule has 4 aromatic rings. The van der Waals surface area contributed by atoms with Crippen molar-refractivity contribution in [2.75, 3.05) is 0 Å². The Hall–Kier alpha value is -3.52. The van der Waals surface area contributed by atoms with E-state index in [0.29, 0.717) is 0 Å². The van der Waals surface area contributed by atoms with E-state index in [1.54, 1.807) is 0 Å². The van der Waals surface area contributed by atoms with Gasteiger partial charge in [0.1, 0.15) is 0 Å². The van der Waals surface area contributed by atoms with Crippen molar-refractivity contribution < 1.29 is 0 Å². The van der Waals surface area contributed by atoms with Gasteiger partial charge in [0.2, 0.25) is 0 Å². The van der Waals surface area contributed by atoms with Gasteiger partial charge >= 0.3 is 0 Å². The van der Waals surface area contributed by atoms with Crippen LogP contribution in [0.5, 0.6) is 0 Å². The maximum Gasteiger partial charge on any atom is 0.0857 e. The largest absolute Gasteiger partial charge is 0.151 e. The standard InChI is InChI=1S/C26H22N2/c1-3-7-21(8-4-1)19-23-11-15-25(16-12-23)27-28-26-17-13-24(14-18-26)20-22-9-5-2-6-10-22/h1-18H,19-20H2. The van der Waals surface area contributed by atoms with E-state index in [1.165, 1.54) is 22.3 Å². The van der Waals surface area contributed by atoms with Gasteiger partial charge in [-0.05, 0) is 59.4 Å². The van der Waals surface area contributed by atoms with Crippen molar-refractivity contribution in [1.29, 1.82) is 0 Å². The number of azo groups is 1. The van der Waals surface area contributed by atoms with Gasteiger partial charge < -0.3 is 0 Å². The molecule has 2 heteroatoms. The molecule has 4 rings (SSSR count). The van der Waals surface area contributed by atoms with Gasteiger partial charge in [-0.15, -0.1) is 0 Å². The second-order valence-electron chi connectivity index (χ2n) is 6.86. The molecule has 28 heavy (non-hydrogen) atoms. The van der Waals surface area contributed by atoms with Crippen molar-refractivity contribution in [2.45, 2.75) is 12.8 Å². The molecular formula is C26H22N2. The molecule has 0 amide bonds. The SMILES string of the molecule is c1ccc(Cc2ccc(N=Nc3ccc(Cc4ccccc4)cc3)cc2)cc1. The molecule has 0 spiro atoms. The van der Waals surface area contributed by atoms with Crippen molar-refractivity contribution in [2.24, 2.45) is 10.2 Å². The third-order valence-corrected chi connectivity index (χ3v) is 4.66. The summed E-state index contributed by atoms with van der Waals surface area (Å²) >= 11 is 0. The lowest BCUT2D eigenvalue weighted by Crippen LogP contribution is -1.86. The van der Waals surface area contributed by atoms with Gasteiger partial charge in [-0.1, -0.05) is 84.9 Å². The number of rotatable bonds is 6. The Morgan fingerprint density at radius 1 is 0.357 bits per heavy atom. The van der Waals surface area contributed by atoms with E-state index < -0.39 is 0 Å². The highest BCUT2D eigenvalue weighted by Crippen LogP contribution is 2.21. The maximum atomic E-state index is 4.36. The quantitative estimate of drug-likeness (QED) is 0.322. The third-order valence-electron chi connectivity index (χ3n) is 4.66. The van der Waals surface area contributed by atoms with Crippen LogP contribution in [0.1, 0.15) is 22.3 Å². The molecule has 0 aliphatic carbocycles. The summed E-state index contributed by atoms with van der Waals surface area (Å²) in [5, 5.41) is 8.73. The molecule has 0 unspecified atom stereocenters. The molecule has 0 heterocycles. The molecule has 0 bridgehead atoms. The molecule has 4 aromatic carbocycles. The van der Waals surface area contributed by atoms with Gasteiger partial charge in [0.05, 0.1) is 11.4 Å². The summed E-state index contributed by atoms with van der Waals surface area (Å²) in [5.74, 6) is 0. The summed E-state index contributed by atoms with van der Waals surface area (Å²) < 4.78 is 0. The first-order chi connectivity index (χ1) is 13.8. The first-order valence-electron chi connectivity index (χ1n) is 9.53. The number of benzene rings is 4. The summed E-state index contributed by atoms with van der Waals surface area (Å²) in [5.41, 5.74) is 6.90. The molecule has 0 N–H and O–H groups in total. The van der Waals surface area contributed by atoms with Gasteiger partial charge in [0.15, 0.2) is 0 Å². The highest BCUT2D eigenvalue weighted by molar-refractivity contribution is 5.43. The summed E-state index contributed by atoms with van der Waals surface area (Å²) in [4.78, 5) is 0. The zero-order chi connectivity index (χ0) is 19.0. The average molecular weight is 362 g/mol. The van der Waals surface area contributed by atoms with Gasteiger partial charge in [-0.2, -0.15) is 10.2 Å². The molecule has 136 valence electrons. The minimum atomic E-state index is 0.866. The highest BCUT2D eigenvalue weighted by Gasteiger charge is 1.98. The fourth-order valence-electron chi connectivity index (χ4n) is 3.14. The van der Waals surface area contributed by atoms with Crippen molar-refractivity contribution in [3.05, 3.63) is 131 Å². The van der Waals surface area contributed by atoms with Gasteiger partial charge in [0, 0.05) is 0 Å². The van der Waals surface area contributed by atoms with Crippen LogP contribution in [0.4, 0.5) is 11.4 Å². The Kier molecular flexibility index (Phi) is 5.69. The van der Waals surface area contributed by atoms with Crippen LogP contribution in [0, 0.1) is 0 Å². The van der Waals surface area contributed by atoms with E-state index in [9.17, 15) is 0 Å². The molecule has 0 radical (unpaired) electrons. The fourth-order valence-corrected chi connectivity index (χ4v) is 3.14. The van der Waals surface area contributed by atoms with E-state index in [1.807, 2.05) is 36.4 Å². The molecule has 0 aromatic heterocycles. The van der Waals surface area contributed by atoms with Crippen LogP contribution in [0.2, 0.25) is 0 Å². The second kappa shape index (κ2) is 8.92. The van der Waals surface area contributed by atoms with E-state index in [2.05, 4.69) is 83.0 Å². The first kappa shape index (κ1) is 17.9. The Morgan fingerprint density at radius 2 is 0.679 bits per heavy atom. The number of nitrogens with zero attached hydrogens (tertiary/aromatic N) is 2. The Labute approximate surface area is 166 Å². The fraction of sp³-hybridized carbons (Fsp3) is 0.0769.